The summed E-state index contributed by atoms with van der Waals surface area (Å²) in [5.41, 5.74) is 0.419. The number of nitro benzene ring substituents is 1. The van der Waals surface area contributed by atoms with E-state index in [0.29, 0.717) is 5.56 Å². The van der Waals surface area contributed by atoms with E-state index < -0.39 is 28.7 Å². The minimum absolute atomic E-state index is 0.0120. The molecule has 1 heterocycles. The van der Waals surface area contributed by atoms with E-state index in [1.165, 1.54) is 48.7 Å². The Morgan fingerprint density at radius 3 is 2.45 bits per heavy atom. The van der Waals surface area contributed by atoms with Crippen LogP contribution in [-0.4, -0.2) is 33.9 Å². The highest BCUT2D eigenvalue weighted by Crippen LogP contribution is 2.16. The van der Waals surface area contributed by atoms with E-state index in [9.17, 15) is 29.6 Å². The number of aliphatic carboxylic acids is 1. The third-order valence-electron chi connectivity index (χ3n) is 4.52. The van der Waals surface area contributed by atoms with Crippen molar-refractivity contribution in [3.05, 3.63) is 106 Å². The molecule has 0 bridgehead atoms. The van der Waals surface area contributed by atoms with Crippen LogP contribution >= 0.6 is 0 Å². The molecule has 0 fully saturated rings. The van der Waals surface area contributed by atoms with Crippen molar-refractivity contribution in [2.75, 3.05) is 0 Å². The number of non-ortho nitro benzene ring substituents is 1. The van der Waals surface area contributed by atoms with Crippen molar-refractivity contribution in [3.8, 4) is 0 Å². The van der Waals surface area contributed by atoms with E-state index in [1.807, 2.05) is 0 Å². The highest BCUT2D eigenvalue weighted by molar-refractivity contribution is 6.05. The van der Waals surface area contributed by atoms with Gasteiger partial charge in [-0.15, -0.1) is 0 Å². The van der Waals surface area contributed by atoms with Gasteiger partial charge >= 0.3 is 5.97 Å². The zero-order valence-corrected chi connectivity index (χ0v) is 17.1. The highest BCUT2D eigenvalue weighted by atomic mass is 16.6. The van der Waals surface area contributed by atoms with Crippen LogP contribution in [0.1, 0.15) is 21.7 Å². The van der Waals surface area contributed by atoms with Gasteiger partial charge in [-0.25, -0.2) is 4.79 Å². The molecule has 33 heavy (non-hydrogen) atoms. The van der Waals surface area contributed by atoms with Gasteiger partial charge in [0, 0.05) is 18.6 Å². The van der Waals surface area contributed by atoms with Gasteiger partial charge in [0.05, 0.1) is 11.2 Å². The van der Waals surface area contributed by atoms with Crippen LogP contribution in [0.2, 0.25) is 0 Å². The molecule has 3 rings (SSSR count). The smallest absolute Gasteiger partial charge is 0.326 e. The Hall–Kier alpha value is -4.73. The number of hydrogen-bond donors (Lipinski definition) is 3. The highest BCUT2D eigenvalue weighted by Gasteiger charge is 2.24. The number of furan rings is 1. The number of nitro groups is 1. The molecular formula is C23H19N3O7. The lowest BCUT2D eigenvalue weighted by Gasteiger charge is -2.16. The summed E-state index contributed by atoms with van der Waals surface area (Å²) in [5, 5.41) is 25.4. The summed E-state index contributed by atoms with van der Waals surface area (Å²) in [6.45, 7) is 0. The molecule has 1 aromatic heterocycles. The van der Waals surface area contributed by atoms with Crippen LogP contribution in [0.3, 0.4) is 0 Å². The first-order valence-electron chi connectivity index (χ1n) is 9.72. The Balaban J connectivity index is 1.89. The zero-order chi connectivity index (χ0) is 23.8. The summed E-state index contributed by atoms with van der Waals surface area (Å²) in [4.78, 5) is 47.6. The van der Waals surface area contributed by atoms with Crippen LogP contribution in [0.4, 0.5) is 5.69 Å². The van der Waals surface area contributed by atoms with Gasteiger partial charge in [-0.05, 0) is 29.3 Å². The quantitative estimate of drug-likeness (QED) is 0.258. The molecule has 2 aromatic carbocycles. The van der Waals surface area contributed by atoms with E-state index in [1.54, 1.807) is 30.3 Å². The van der Waals surface area contributed by atoms with Crippen molar-refractivity contribution in [1.29, 1.82) is 0 Å². The molecule has 2 amide bonds. The number of hydrogen-bond acceptors (Lipinski definition) is 6. The first-order valence-corrected chi connectivity index (χ1v) is 9.72. The van der Waals surface area contributed by atoms with Crippen molar-refractivity contribution in [2.24, 2.45) is 0 Å². The molecule has 3 aromatic rings. The average Bonchev–Trinajstić information content (AvgIpc) is 3.34. The number of nitrogens with zero attached hydrogens (tertiary/aromatic N) is 1. The fourth-order valence-corrected chi connectivity index (χ4v) is 2.93. The van der Waals surface area contributed by atoms with Crippen LogP contribution in [-0.2, 0) is 16.0 Å². The minimum atomic E-state index is -1.28. The molecule has 0 aliphatic carbocycles. The number of carboxylic acids is 1. The lowest BCUT2D eigenvalue weighted by Crippen LogP contribution is -2.45. The van der Waals surface area contributed by atoms with Gasteiger partial charge in [-0.2, -0.15) is 0 Å². The Morgan fingerprint density at radius 1 is 1.06 bits per heavy atom. The maximum Gasteiger partial charge on any atom is 0.326 e. The zero-order valence-electron chi connectivity index (χ0n) is 17.1. The molecule has 0 spiro atoms. The predicted molar refractivity (Wildman–Crippen MR) is 117 cm³/mol. The number of carboxylic acid groups (broad SMARTS) is 1. The fraction of sp³-hybridized carbons (Fsp3) is 0.0870. The third-order valence-corrected chi connectivity index (χ3v) is 4.52. The van der Waals surface area contributed by atoms with E-state index >= 15 is 0 Å². The lowest BCUT2D eigenvalue weighted by atomic mass is 10.1. The molecule has 3 N–H and O–H groups in total. The summed E-state index contributed by atoms with van der Waals surface area (Å²) in [6.07, 6.45) is 2.50. The summed E-state index contributed by atoms with van der Waals surface area (Å²) in [7, 11) is 0. The predicted octanol–water partition coefficient (Wildman–Crippen LogP) is 2.77. The Labute approximate surface area is 187 Å². The number of rotatable bonds is 9. The largest absolute Gasteiger partial charge is 0.480 e. The Morgan fingerprint density at radius 2 is 1.82 bits per heavy atom. The van der Waals surface area contributed by atoms with Crippen molar-refractivity contribution in [2.45, 2.75) is 12.5 Å². The van der Waals surface area contributed by atoms with Crippen LogP contribution < -0.4 is 10.6 Å². The molecule has 10 heteroatoms. The van der Waals surface area contributed by atoms with E-state index in [-0.39, 0.29) is 29.1 Å². The third kappa shape index (κ3) is 6.37. The van der Waals surface area contributed by atoms with Crippen LogP contribution in [0, 0.1) is 10.1 Å². The van der Waals surface area contributed by atoms with Crippen LogP contribution in [0.25, 0.3) is 6.08 Å². The molecular weight excluding hydrogens is 430 g/mol. The maximum atomic E-state index is 13.0. The van der Waals surface area contributed by atoms with E-state index in [2.05, 4.69) is 10.6 Å². The molecule has 0 unspecified atom stereocenters. The second-order valence-electron chi connectivity index (χ2n) is 6.90. The average molecular weight is 449 g/mol. The van der Waals surface area contributed by atoms with Gasteiger partial charge in [0.2, 0.25) is 0 Å². The van der Waals surface area contributed by atoms with Gasteiger partial charge in [0.1, 0.15) is 11.7 Å². The summed E-state index contributed by atoms with van der Waals surface area (Å²) >= 11 is 0. The first-order chi connectivity index (χ1) is 15.8. The summed E-state index contributed by atoms with van der Waals surface area (Å²) < 4.78 is 5.02. The summed E-state index contributed by atoms with van der Waals surface area (Å²) in [6, 6.07) is 15.7. The lowest BCUT2D eigenvalue weighted by molar-refractivity contribution is -0.384. The van der Waals surface area contributed by atoms with Gasteiger partial charge in [-0.3, -0.25) is 19.7 Å². The minimum Gasteiger partial charge on any atom is -0.480 e. The second kappa shape index (κ2) is 10.5. The SMILES string of the molecule is O=C(N[C@H](Cc1ccccc1)C(=O)O)/C(=C/c1cccc([N+](=O)[O-])c1)NC(=O)c1ccco1. The molecule has 0 radical (unpaired) electrons. The van der Waals surface area contributed by atoms with Crippen molar-refractivity contribution in [3.63, 3.8) is 0 Å². The normalized spacial score (nSPS) is 11.9. The number of nitrogens with one attached hydrogen (secondary N) is 2. The van der Waals surface area contributed by atoms with Crippen molar-refractivity contribution in [1.82, 2.24) is 10.6 Å². The Bertz CT molecular complexity index is 1190. The number of carbonyl (C=O) groups is 3. The topological polar surface area (TPSA) is 152 Å². The number of amides is 2. The maximum absolute atomic E-state index is 13.0. The van der Waals surface area contributed by atoms with E-state index in [0.717, 1.165) is 0 Å². The van der Waals surface area contributed by atoms with Gasteiger partial charge < -0.3 is 20.2 Å². The van der Waals surface area contributed by atoms with Gasteiger partial charge in [-0.1, -0.05) is 42.5 Å². The monoisotopic (exact) mass is 449 g/mol. The molecule has 0 aliphatic rings. The molecule has 0 aliphatic heterocycles. The van der Waals surface area contributed by atoms with Gasteiger partial charge in [0.25, 0.3) is 17.5 Å². The molecule has 10 nitrogen and oxygen atoms in total. The van der Waals surface area contributed by atoms with E-state index in [4.69, 9.17) is 4.42 Å². The standard InChI is InChI=1S/C23H19N3O7/c27-21(25-19(23(29)30)13-15-6-2-1-3-7-15)18(24-22(28)20-10-5-11-33-20)14-16-8-4-9-17(12-16)26(31)32/h1-12,14,19H,13H2,(H,24,28)(H,25,27)(H,29,30)/b18-14-/t19-/m1/s1. The van der Waals surface area contributed by atoms with Gasteiger partial charge in [0.15, 0.2) is 5.76 Å². The first kappa shape index (κ1) is 22.9. The Kier molecular flexibility index (Phi) is 7.32. The summed E-state index contributed by atoms with van der Waals surface area (Å²) in [5.74, 6) is -2.97. The molecule has 0 saturated carbocycles. The van der Waals surface area contributed by atoms with Crippen molar-refractivity contribution < 1.29 is 28.8 Å². The fourth-order valence-electron chi connectivity index (χ4n) is 2.93. The molecule has 168 valence electrons. The second-order valence-corrected chi connectivity index (χ2v) is 6.90. The number of benzene rings is 2. The molecule has 1 atom stereocenters. The molecule has 0 saturated heterocycles. The van der Waals surface area contributed by atoms with Crippen LogP contribution in [0.15, 0.2) is 83.1 Å². The van der Waals surface area contributed by atoms with Crippen molar-refractivity contribution >= 4 is 29.5 Å². The number of carbonyl (C=O) groups excluding carboxylic acids is 2. The van der Waals surface area contributed by atoms with Crippen LogP contribution in [0.5, 0.6) is 0 Å².